The van der Waals surface area contributed by atoms with Crippen LogP contribution in [0, 0.1) is 26.1 Å². The number of hydrogen-bond acceptors (Lipinski definition) is 10. The van der Waals surface area contributed by atoms with Crippen LogP contribution in [0.3, 0.4) is 0 Å². The van der Waals surface area contributed by atoms with Crippen LogP contribution in [0.25, 0.3) is 50.7 Å². The van der Waals surface area contributed by atoms with E-state index in [9.17, 15) is 20.2 Å². The first-order valence-corrected chi connectivity index (χ1v) is 26.9. The van der Waals surface area contributed by atoms with Gasteiger partial charge in [-0.05, 0) is 72.0 Å². The first-order valence-electron chi connectivity index (χ1n) is 23.5. The predicted octanol–water partition coefficient (Wildman–Crippen LogP) is 17.5. The van der Waals surface area contributed by atoms with Crippen molar-refractivity contribution in [3.05, 3.63) is 54.2 Å². The Hall–Kier alpha value is -3.26. The van der Waals surface area contributed by atoms with Gasteiger partial charge in [0, 0.05) is 28.6 Å². The number of rotatable bonds is 30. The van der Waals surface area contributed by atoms with Gasteiger partial charge in [-0.25, -0.2) is 0 Å². The topological polar surface area (TPSA) is 117 Å². The molecule has 0 aliphatic rings. The average molecular weight is 906 g/mol. The molecular weight excluding hydrogens is 839 g/mol. The van der Waals surface area contributed by atoms with Crippen LogP contribution in [-0.4, -0.2) is 24.8 Å². The molecule has 5 heterocycles. The molecule has 0 bridgehead atoms. The minimum atomic E-state index is -0.548. The van der Waals surface area contributed by atoms with Gasteiger partial charge in [0.05, 0.1) is 16.4 Å². The number of benzene rings is 1. The number of aromatic nitrogens is 3. The van der Waals surface area contributed by atoms with E-state index in [-0.39, 0.29) is 11.1 Å². The van der Waals surface area contributed by atoms with E-state index in [4.69, 9.17) is 10.2 Å². The second-order valence-electron chi connectivity index (χ2n) is 17.1. The van der Waals surface area contributed by atoms with Gasteiger partial charge in [0.25, 0.3) is 0 Å². The minimum absolute atomic E-state index is 0.218. The fraction of sp³-hybridized carbons (Fsp3) is 0.625. The first kappa shape index (κ1) is 47.2. The molecule has 0 aliphatic carbocycles. The molecular formula is C48H67N5O4S4. The van der Waals surface area contributed by atoms with Crippen LogP contribution in [0.1, 0.15) is 180 Å². The van der Waals surface area contributed by atoms with Crippen molar-refractivity contribution in [2.75, 3.05) is 0 Å². The van der Waals surface area contributed by atoms with E-state index in [2.05, 4.69) is 38.5 Å². The van der Waals surface area contributed by atoms with Crippen LogP contribution < -0.4 is 0 Å². The number of nitrogens with zero attached hydrogens (tertiary/aromatic N) is 5. The van der Waals surface area contributed by atoms with E-state index in [0.717, 1.165) is 70.2 Å². The Labute approximate surface area is 378 Å². The van der Waals surface area contributed by atoms with Crippen molar-refractivity contribution in [2.45, 2.75) is 188 Å². The molecule has 0 amide bonds. The third-order valence-corrected chi connectivity index (χ3v) is 17.1. The number of nitro groups is 2. The van der Waals surface area contributed by atoms with Gasteiger partial charge in [-0.3, -0.25) is 20.2 Å². The zero-order chi connectivity index (χ0) is 43.1. The molecule has 0 radical (unpaired) electrons. The Morgan fingerprint density at radius 1 is 0.574 bits per heavy atom. The molecule has 0 saturated heterocycles. The van der Waals surface area contributed by atoms with Gasteiger partial charge in [0.15, 0.2) is 0 Å². The standard InChI is InChI=1S/C48H67N5O4S4/c1-5-9-12-14-16-18-20-22-24-27-35-32-58-39-29-37(60-47(35)39)41-43-44(50-51(49-43)31-34(8-4)26-11-7-3)42(46(53(56)57)45(41)52(54)55)38-30-40-48(61-38)36(33-59-40)28-25-23-21-19-17-15-13-10-6-2/h29-30,32-34H,5-28,31H2,1-4H3. The zero-order valence-electron chi connectivity index (χ0n) is 37.1. The number of nitro benzene ring substituents is 2. The fourth-order valence-corrected chi connectivity index (χ4v) is 13.8. The van der Waals surface area contributed by atoms with Gasteiger partial charge in [-0.2, -0.15) is 15.0 Å². The Morgan fingerprint density at radius 3 is 1.34 bits per heavy atom. The van der Waals surface area contributed by atoms with Gasteiger partial charge in [-0.15, -0.1) is 45.3 Å². The van der Waals surface area contributed by atoms with Gasteiger partial charge in [0.2, 0.25) is 0 Å². The SMILES string of the molecule is CCCCCCCCCCCc1csc2cc(-c3c([N+](=O)[O-])c([N+](=O)[O-])c(-c4cc5scc(CCCCCCCCCCC)c5s4)c4nn(CC(CC)CCCC)nc34)sc12. The van der Waals surface area contributed by atoms with Crippen molar-refractivity contribution in [2.24, 2.45) is 5.92 Å². The Balaban J connectivity index is 1.35. The van der Waals surface area contributed by atoms with E-state index in [1.54, 1.807) is 27.5 Å². The molecule has 6 rings (SSSR count). The molecule has 0 aliphatic heterocycles. The van der Waals surface area contributed by atoms with Crippen molar-refractivity contribution in [3.63, 3.8) is 0 Å². The number of thiophene rings is 4. The highest BCUT2D eigenvalue weighted by atomic mass is 32.1. The number of unbranched alkanes of at least 4 members (excludes halogenated alkanes) is 17. The van der Waals surface area contributed by atoms with Crippen molar-refractivity contribution in [3.8, 4) is 20.9 Å². The molecule has 0 N–H and O–H groups in total. The maximum absolute atomic E-state index is 13.3. The lowest BCUT2D eigenvalue weighted by Crippen LogP contribution is -2.12. The highest BCUT2D eigenvalue weighted by Gasteiger charge is 2.40. The predicted molar refractivity (Wildman–Crippen MR) is 263 cm³/mol. The normalized spacial score (nSPS) is 12.5. The van der Waals surface area contributed by atoms with Gasteiger partial charge >= 0.3 is 11.4 Å². The first-order chi connectivity index (χ1) is 29.8. The second-order valence-corrected chi connectivity index (χ2v) is 21.0. The Kier molecular flexibility index (Phi) is 18.6. The van der Waals surface area contributed by atoms with Crippen molar-refractivity contribution in [1.82, 2.24) is 15.0 Å². The van der Waals surface area contributed by atoms with E-state index >= 15 is 0 Å². The second kappa shape index (κ2) is 24.0. The highest BCUT2D eigenvalue weighted by Crippen LogP contribution is 2.54. The molecule has 0 saturated carbocycles. The van der Waals surface area contributed by atoms with E-state index in [1.807, 2.05) is 12.1 Å². The molecule has 332 valence electrons. The molecule has 5 aromatic heterocycles. The summed E-state index contributed by atoms with van der Waals surface area (Å²) in [4.78, 5) is 28.5. The molecule has 13 heteroatoms. The molecule has 61 heavy (non-hydrogen) atoms. The molecule has 1 atom stereocenters. The quantitative estimate of drug-likeness (QED) is 0.0252. The number of hydrogen-bond donors (Lipinski definition) is 0. The summed E-state index contributed by atoms with van der Waals surface area (Å²) in [6.07, 6.45) is 28.8. The minimum Gasteiger partial charge on any atom is -0.258 e. The van der Waals surface area contributed by atoms with Crippen LogP contribution >= 0.6 is 45.3 Å². The average Bonchev–Trinajstić information content (AvgIpc) is 4.09. The van der Waals surface area contributed by atoms with Crippen molar-refractivity contribution in [1.29, 1.82) is 0 Å². The summed E-state index contributed by atoms with van der Waals surface area (Å²) in [6, 6.07) is 3.98. The number of fused-ring (bicyclic) bond motifs is 3. The summed E-state index contributed by atoms with van der Waals surface area (Å²) in [5.41, 5.74) is 2.72. The van der Waals surface area contributed by atoms with Gasteiger partial charge in [-0.1, -0.05) is 150 Å². The third-order valence-electron chi connectivity index (χ3n) is 12.4. The highest BCUT2D eigenvalue weighted by molar-refractivity contribution is 7.29. The lowest BCUT2D eigenvalue weighted by molar-refractivity contribution is -0.421. The Morgan fingerprint density at radius 2 is 0.967 bits per heavy atom. The molecule has 6 aromatic rings. The monoisotopic (exact) mass is 905 g/mol. The summed E-state index contributed by atoms with van der Waals surface area (Å²) >= 11 is 6.31. The van der Waals surface area contributed by atoms with Crippen LogP contribution in [0.4, 0.5) is 11.4 Å². The van der Waals surface area contributed by atoms with Gasteiger partial charge < -0.3 is 0 Å². The maximum Gasteiger partial charge on any atom is 0.357 e. The zero-order valence-corrected chi connectivity index (χ0v) is 40.3. The lowest BCUT2D eigenvalue weighted by Gasteiger charge is -2.12. The lowest BCUT2D eigenvalue weighted by atomic mass is 10.00. The van der Waals surface area contributed by atoms with E-state index in [0.29, 0.717) is 33.3 Å². The van der Waals surface area contributed by atoms with Crippen LogP contribution in [0.15, 0.2) is 22.9 Å². The van der Waals surface area contributed by atoms with E-state index in [1.165, 1.54) is 137 Å². The van der Waals surface area contributed by atoms with Crippen LogP contribution in [0.5, 0.6) is 0 Å². The van der Waals surface area contributed by atoms with Crippen LogP contribution in [-0.2, 0) is 19.4 Å². The summed E-state index contributed by atoms with van der Waals surface area (Å²) in [5.74, 6) is 0.324. The molecule has 0 fully saturated rings. The third kappa shape index (κ3) is 12.1. The van der Waals surface area contributed by atoms with Crippen molar-refractivity contribution >= 4 is 86.6 Å². The number of aryl methyl sites for hydroxylation is 2. The Bertz CT molecular complexity index is 2170. The largest absolute Gasteiger partial charge is 0.357 e. The summed E-state index contributed by atoms with van der Waals surface area (Å²) in [5, 5.41) is 41.1. The molecule has 0 spiro atoms. The molecule has 9 nitrogen and oxygen atoms in total. The molecule has 1 aromatic carbocycles. The summed E-state index contributed by atoms with van der Waals surface area (Å²) in [7, 11) is 0. The maximum atomic E-state index is 13.3. The van der Waals surface area contributed by atoms with Crippen molar-refractivity contribution < 1.29 is 9.85 Å². The fourth-order valence-electron chi connectivity index (χ4n) is 8.79. The summed E-state index contributed by atoms with van der Waals surface area (Å²) in [6.45, 7) is 9.42. The van der Waals surface area contributed by atoms with Crippen LogP contribution in [0.2, 0.25) is 0 Å². The van der Waals surface area contributed by atoms with E-state index < -0.39 is 21.2 Å². The van der Waals surface area contributed by atoms with Gasteiger partial charge in [0.1, 0.15) is 22.2 Å². The summed E-state index contributed by atoms with van der Waals surface area (Å²) < 4.78 is 4.33. The molecule has 1 unspecified atom stereocenters. The smallest absolute Gasteiger partial charge is 0.258 e.